The number of nitrogens with zero attached hydrogens (tertiary/aromatic N) is 4. The van der Waals surface area contributed by atoms with E-state index in [1.807, 2.05) is 20.2 Å². The van der Waals surface area contributed by atoms with Gasteiger partial charge in [-0.3, -0.25) is 0 Å². The summed E-state index contributed by atoms with van der Waals surface area (Å²) in [5, 5.41) is 14.4. The van der Waals surface area contributed by atoms with E-state index in [4.69, 9.17) is 0 Å². The molecule has 1 aromatic carbocycles. The van der Waals surface area contributed by atoms with E-state index in [1.165, 1.54) is 5.56 Å². The Morgan fingerprint density at radius 2 is 2.00 bits per heavy atom. The third-order valence-electron chi connectivity index (χ3n) is 3.05. The highest BCUT2D eigenvalue weighted by Crippen LogP contribution is 2.19. The Balaban J connectivity index is 2.03. The molecule has 1 heterocycles. The Hall–Kier alpha value is -2.21. The van der Waals surface area contributed by atoms with Crippen LogP contribution >= 0.6 is 0 Å². The highest BCUT2D eigenvalue weighted by atomic mass is 15.3. The first kappa shape index (κ1) is 15.2. The lowest BCUT2D eigenvalue weighted by molar-refractivity contribution is 0.425. The SMILES string of the molecule is Cc1ccc(Nc2nncc(NCCN(C)C)n2)c(C)c1. The number of aryl methyl sites for hydroxylation is 2. The fourth-order valence-corrected chi connectivity index (χ4v) is 1.92. The van der Waals surface area contributed by atoms with E-state index in [9.17, 15) is 0 Å². The van der Waals surface area contributed by atoms with Crippen LogP contribution in [-0.4, -0.2) is 47.3 Å². The van der Waals surface area contributed by atoms with Gasteiger partial charge >= 0.3 is 0 Å². The van der Waals surface area contributed by atoms with Crippen LogP contribution in [0.3, 0.4) is 0 Å². The van der Waals surface area contributed by atoms with Gasteiger partial charge < -0.3 is 15.5 Å². The molecule has 6 nitrogen and oxygen atoms in total. The second-order valence-electron chi connectivity index (χ2n) is 5.34. The summed E-state index contributed by atoms with van der Waals surface area (Å²) in [7, 11) is 4.07. The van der Waals surface area contributed by atoms with Gasteiger partial charge in [0.2, 0.25) is 5.95 Å². The molecule has 0 saturated carbocycles. The molecular formula is C15H22N6. The van der Waals surface area contributed by atoms with Crippen LogP contribution in [0, 0.1) is 13.8 Å². The number of likely N-dealkylation sites (N-methyl/N-ethyl adjacent to an activating group) is 1. The summed E-state index contributed by atoms with van der Waals surface area (Å²) in [5.74, 6) is 1.22. The summed E-state index contributed by atoms with van der Waals surface area (Å²) < 4.78 is 0. The fourth-order valence-electron chi connectivity index (χ4n) is 1.92. The molecule has 0 aliphatic carbocycles. The van der Waals surface area contributed by atoms with Crippen molar-refractivity contribution in [3.05, 3.63) is 35.5 Å². The highest BCUT2D eigenvalue weighted by molar-refractivity contribution is 5.59. The van der Waals surface area contributed by atoms with Crippen molar-refractivity contribution in [2.45, 2.75) is 13.8 Å². The van der Waals surface area contributed by atoms with Crippen molar-refractivity contribution in [3.63, 3.8) is 0 Å². The van der Waals surface area contributed by atoms with Crippen LogP contribution in [0.15, 0.2) is 24.4 Å². The second-order valence-corrected chi connectivity index (χ2v) is 5.34. The smallest absolute Gasteiger partial charge is 0.249 e. The summed E-state index contributed by atoms with van der Waals surface area (Å²) in [4.78, 5) is 6.52. The molecule has 21 heavy (non-hydrogen) atoms. The van der Waals surface area contributed by atoms with Crippen LogP contribution in [0.5, 0.6) is 0 Å². The standard InChI is InChI=1S/C15H22N6/c1-11-5-6-13(12(2)9-11)18-15-19-14(10-17-20-15)16-7-8-21(3)4/h5-6,9-10H,7-8H2,1-4H3,(H2,16,18,19,20). The minimum absolute atomic E-state index is 0.497. The number of aromatic nitrogens is 3. The zero-order chi connectivity index (χ0) is 15.2. The molecule has 1 aromatic heterocycles. The lowest BCUT2D eigenvalue weighted by Gasteiger charge is -2.12. The molecule has 0 radical (unpaired) electrons. The highest BCUT2D eigenvalue weighted by Gasteiger charge is 2.03. The topological polar surface area (TPSA) is 66.0 Å². The number of benzene rings is 1. The number of anilines is 3. The van der Waals surface area contributed by atoms with Gasteiger partial charge in [0.05, 0.1) is 6.20 Å². The molecule has 0 aliphatic rings. The monoisotopic (exact) mass is 286 g/mol. The molecule has 0 amide bonds. The average Bonchev–Trinajstić information content (AvgIpc) is 2.42. The van der Waals surface area contributed by atoms with Crippen LogP contribution in [0.4, 0.5) is 17.5 Å². The Kier molecular flexibility index (Phi) is 5.05. The van der Waals surface area contributed by atoms with E-state index in [2.05, 4.69) is 56.7 Å². The zero-order valence-corrected chi connectivity index (χ0v) is 13.0. The molecule has 2 rings (SSSR count). The molecule has 0 spiro atoms. The van der Waals surface area contributed by atoms with E-state index in [-0.39, 0.29) is 0 Å². The number of rotatable bonds is 6. The molecule has 2 N–H and O–H groups in total. The summed E-state index contributed by atoms with van der Waals surface area (Å²) in [6.45, 7) is 5.88. The minimum atomic E-state index is 0.497. The lowest BCUT2D eigenvalue weighted by Crippen LogP contribution is -2.21. The van der Waals surface area contributed by atoms with Crippen molar-refractivity contribution >= 4 is 17.5 Å². The van der Waals surface area contributed by atoms with E-state index in [0.717, 1.165) is 30.2 Å². The van der Waals surface area contributed by atoms with Crippen molar-refractivity contribution in [1.29, 1.82) is 0 Å². The zero-order valence-electron chi connectivity index (χ0n) is 13.0. The molecule has 0 aliphatic heterocycles. The third-order valence-corrected chi connectivity index (χ3v) is 3.05. The maximum atomic E-state index is 4.41. The first-order chi connectivity index (χ1) is 10.0. The van der Waals surface area contributed by atoms with Crippen LogP contribution in [-0.2, 0) is 0 Å². The van der Waals surface area contributed by atoms with Gasteiger partial charge in [-0.2, -0.15) is 10.1 Å². The number of hydrogen-bond acceptors (Lipinski definition) is 6. The number of hydrogen-bond donors (Lipinski definition) is 2. The number of nitrogens with one attached hydrogen (secondary N) is 2. The Bertz CT molecular complexity index is 596. The first-order valence-corrected chi connectivity index (χ1v) is 6.97. The molecule has 0 atom stereocenters. The Morgan fingerprint density at radius 1 is 1.19 bits per heavy atom. The van der Waals surface area contributed by atoms with E-state index >= 15 is 0 Å². The molecular weight excluding hydrogens is 264 g/mol. The molecule has 6 heteroatoms. The molecule has 0 fully saturated rings. The first-order valence-electron chi connectivity index (χ1n) is 6.97. The Labute approximate surface area is 125 Å². The molecule has 0 bridgehead atoms. The fraction of sp³-hybridized carbons (Fsp3) is 0.400. The maximum Gasteiger partial charge on any atom is 0.249 e. The van der Waals surface area contributed by atoms with E-state index in [1.54, 1.807) is 6.20 Å². The normalized spacial score (nSPS) is 10.7. The Morgan fingerprint density at radius 3 is 2.71 bits per heavy atom. The van der Waals surface area contributed by atoms with Crippen molar-refractivity contribution in [2.75, 3.05) is 37.8 Å². The molecule has 112 valence electrons. The molecule has 2 aromatic rings. The van der Waals surface area contributed by atoms with Gasteiger partial charge in [-0.15, -0.1) is 5.10 Å². The predicted molar refractivity (Wildman–Crippen MR) is 86.1 cm³/mol. The predicted octanol–water partition coefficient (Wildman–Crippen LogP) is 2.21. The molecule has 0 saturated heterocycles. The average molecular weight is 286 g/mol. The van der Waals surface area contributed by atoms with Crippen LogP contribution in [0.1, 0.15) is 11.1 Å². The van der Waals surface area contributed by atoms with Crippen LogP contribution in [0.2, 0.25) is 0 Å². The summed E-state index contributed by atoms with van der Waals surface area (Å²) in [6, 6.07) is 6.21. The third kappa shape index (κ3) is 4.68. The molecule has 0 unspecified atom stereocenters. The summed E-state index contributed by atoms with van der Waals surface area (Å²) in [5.41, 5.74) is 3.38. The van der Waals surface area contributed by atoms with E-state index in [0.29, 0.717) is 5.95 Å². The van der Waals surface area contributed by atoms with Crippen LogP contribution in [0.25, 0.3) is 0 Å². The van der Waals surface area contributed by atoms with Gasteiger partial charge in [-0.1, -0.05) is 17.7 Å². The summed E-state index contributed by atoms with van der Waals surface area (Å²) >= 11 is 0. The van der Waals surface area contributed by atoms with Gasteiger partial charge in [-0.25, -0.2) is 0 Å². The van der Waals surface area contributed by atoms with Gasteiger partial charge in [0.15, 0.2) is 5.82 Å². The second kappa shape index (κ2) is 6.99. The maximum absolute atomic E-state index is 4.41. The van der Waals surface area contributed by atoms with Crippen molar-refractivity contribution < 1.29 is 0 Å². The quantitative estimate of drug-likeness (QED) is 0.848. The van der Waals surface area contributed by atoms with E-state index < -0.39 is 0 Å². The van der Waals surface area contributed by atoms with Gasteiger partial charge in [0.1, 0.15) is 0 Å². The van der Waals surface area contributed by atoms with Gasteiger partial charge in [0, 0.05) is 18.8 Å². The van der Waals surface area contributed by atoms with Crippen molar-refractivity contribution in [1.82, 2.24) is 20.1 Å². The minimum Gasteiger partial charge on any atom is -0.367 e. The van der Waals surface area contributed by atoms with Crippen molar-refractivity contribution in [3.8, 4) is 0 Å². The van der Waals surface area contributed by atoms with Gasteiger partial charge in [0.25, 0.3) is 0 Å². The van der Waals surface area contributed by atoms with Crippen molar-refractivity contribution in [2.24, 2.45) is 0 Å². The summed E-state index contributed by atoms with van der Waals surface area (Å²) in [6.07, 6.45) is 1.63. The largest absolute Gasteiger partial charge is 0.367 e. The van der Waals surface area contributed by atoms with Crippen LogP contribution < -0.4 is 10.6 Å². The lowest BCUT2D eigenvalue weighted by atomic mass is 10.1. The van der Waals surface area contributed by atoms with Gasteiger partial charge in [-0.05, 0) is 39.6 Å².